The van der Waals surface area contributed by atoms with E-state index >= 15 is 0 Å². The number of carbonyl (C=O) groups is 1. The van der Waals surface area contributed by atoms with E-state index in [-0.39, 0.29) is 24.8 Å². The topological polar surface area (TPSA) is 35.6 Å². The summed E-state index contributed by atoms with van der Waals surface area (Å²) in [5.74, 6) is 0.293. The molecule has 7 heteroatoms. The smallest absolute Gasteiger partial charge is 0.224 e. The van der Waals surface area contributed by atoms with Crippen LogP contribution in [0.2, 0.25) is 5.02 Å². The van der Waals surface area contributed by atoms with Crippen molar-refractivity contribution in [3.05, 3.63) is 28.8 Å². The molecule has 1 N–H and O–H groups in total. The van der Waals surface area contributed by atoms with Crippen LogP contribution in [0.4, 0.5) is 5.69 Å². The van der Waals surface area contributed by atoms with Crippen LogP contribution in [0.15, 0.2) is 18.2 Å². The first-order chi connectivity index (χ1) is 10.6. The molecule has 4 nitrogen and oxygen atoms in total. The Labute approximate surface area is 161 Å². The van der Waals surface area contributed by atoms with Crippen molar-refractivity contribution in [1.29, 1.82) is 0 Å². The van der Waals surface area contributed by atoms with Crippen molar-refractivity contribution >= 4 is 48.0 Å². The molecule has 1 atom stereocenters. The second kappa shape index (κ2) is 9.71. The molecule has 3 rings (SSSR count). The maximum atomic E-state index is 12.4. The Hall–Kier alpha value is -0.680. The average Bonchev–Trinajstić information content (AvgIpc) is 3.03. The van der Waals surface area contributed by atoms with E-state index in [2.05, 4.69) is 23.2 Å². The lowest BCUT2D eigenvalue weighted by Gasteiger charge is -2.37. The van der Waals surface area contributed by atoms with Gasteiger partial charge in [-0.15, -0.1) is 24.8 Å². The van der Waals surface area contributed by atoms with Gasteiger partial charge in [0.05, 0.1) is 0 Å². The van der Waals surface area contributed by atoms with E-state index in [4.69, 9.17) is 11.6 Å². The number of aryl methyl sites for hydroxylation is 1. The molecule has 2 aliphatic rings. The molecule has 0 radical (unpaired) electrons. The lowest BCUT2D eigenvalue weighted by atomic mass is 10.1. The van der Waals surface area contributed by atoms with E-state index in [1.807, 2.05) is 17.0 Å². The van der Waals surface area contributed by atoms with Crippen LogP contribution in [-0.4, -0.2) is 49.6 Å². The van der Waals surface area contributed by atoms with Gasteiger partial charge in [-0.3, -0.25) is 4.79 Å². The number of carbonyl (C=O) groups excluding carboxylic acids is 1. The first-order valence-electron chi connectivity index (χ1n) is 8.16. The van der Waals surface area contributed by atoms with Crippen LogP contribution < -0.4 is 10.2 Å². The normalized spacial score (nSPS) is 20.3. The molecular formula is C17H26Cl3N3O. The average molecular weight is 395 g/mol. The minimum Gasteiger partial charge on any atom is -0.368 e. The highest BCUT2D eigenvalue weighted by Crippen LogP contribution is 2.25. The summed E-state index contributed by atoms with van der Waals surface area (Å²) in [5, 5.41) is 4.17. The molecule has 24 heavy (non-hydrogen) atoms. The minimum absolute atomic E-state index is 0. The summed E-state index contributed by atoms with van der Waals surface area (Å²) >= 11 is 6.11. The predicted octanol–water partition coefficient (Wildman–Crippen LogP) is 3.28. The maximum Gasteiger partial charge on any atom is 0.224 e. The fraction of sp³-hybridized carbons (Fsp3) is 0.588. The fourth-order valence-electron chi connectivity index (χ4n) is 3.39. The van der Waals surface area contributed by atoms with E-state index in [9.17, 15) is 4.79 Å². The van der Waals surface area contributed by atoms with E-state index < -0.39 is 0 Å². The Morgan fingerprint density at radius 3 is 2.58 bits per heavy atom. The Bertz CT molecular complexity index is 542. The summed E-state index contributed by atoms with van der Waals surface area (Å²) in [6, 6.07) is 6.40. The van der Waals surface area contributed by atoms with Crippen molar-refractivity contribution in [3.8, 4) is 0 Å². The number of anilines is 1. The number of benzene rings is 1. The molecule has 2 fully saturated rings. The first-order valence-corrected chi connectivity index (χ1v) is 8.53. The lowest BCUT2D eigenvalue weighted by Crippen LogP contribution is -2.49. The quantitative estimate of drug-likeness (QED) is 0.854. The number of piperazine rings is 1. The summed E-state index contributed by atoms with van der Waals surface area (Å²) in [6.45, 7) is 6.53. The van der Waals surface area contributed by atoms with Crippen molar-refractivity contribution in [1.82, 2.24) is 10.2 Å². The van der Waals surface area contributed by atoms with Crippen LogP contribution in [0, 0.1) is 6.92 Å². The molecular weight excluding hydrogens is 369 g/mol. The van der Waals surface area contributed by atoms with Gasteiger partial charge in [0.1, 0.15) is 0 Å². The molecule has 0 aliphatic carbocycles. The van der Waals surface area contributed by atoms with Gasteiger partial charge in [0, 0.05) is 49.4 Å². The van der Waals surface area contributed by atoms with Crippen LogP contribution in [0.5, 0.6) is 0 Å². The Kier molecular flexibility index (Phi) is 8.65. The molecule has 1 aromatic rings. The molecule has 1 unspecified atom stereocenters. The SMILES string of the molecule is Cc1ccc(Cl)cc1N1CCN(C(=O)CC2CCCN2)CC1.Cl.Cl. The number of rotatable bonds is 3. The number of amides is 1. The number of nitrogens with one attached hydrogen (secondary N) is 1. The number of hydrogen-bond acceptors (Lipinski definition) is 3. The van der Waals surface area contributed by atoms with Gasteiger partial charge in [-0.2, -0.15) is 0 Å². The predicted molar refractivity (Wildman–Crippen MR) is 105 cm³/mol. The summed E-state index contributed by atoms with van der Waals surface area (Å²) in [4.78, 5) is 16.7. The highest BCUT2D eigenvalue weighted by atomic mass is 35.5. The second-order valence-electron chi connectivity index (χ2n) is 6.30. The largest absolute Gasteiger partial charge is 0.368 e. The molecule has 1 amide bonds. The molecule has 0 saturated carbocycles. The molecule has 0 aromatic heterocycles. The highest BCUT2D eigenvalue weighted by molar-refractivity contribution is 6.30. The van der Waals surface area contributed by atoms with Crippen LogP contribution in [-0.2, 0) is 4.79 Å². The second-order valence-corrected chi connectivity index (χ2v) is 6.73. The third-order valence-electron chi connectivity index (χ3n) is 4.73. The standard InChI is InChI=1S/C17H24ClN3O.2ClH/c1-13-4-5-14(18)11-16(13)20-7-9-21(10-8-20)17(22)12-15-3-2-6-19-15;;/h4-5,11,15,19H,2-3,6-10,12H2,1H3;2*1H. The Morgan fingerprint density at radius 2 is 1.96 bits per heavy atom. The summed E-state index contributed by atoms with van der Waals surface area (Å²) in [7, 11) is 0. The molecule has 1 aromatic carbocycles. The van der Waals surface area contributed by atoms with Crippen LogP contribution >= 0.6 is 36.4 Å². The van der Waals surface area contributed by atoms with Gasteiger partial charge in [-0.25, -0.2) is 0 Å². The van der Waals surface area contributed by atoms with Gasteiger partial charge in [-0.05, 0) is 44.0 Å². The number of hydrogen-bond donors (Lipinski definition) is 1. The van der Waals surface area contributed by atoms with E-state index in [0.29, 0.717) is 18.4 Å². The van der Waals surface area contributed by atoms with Gasteiger partial charge >= 0.3 is 0 Å². The first kappa shape index (κ1) is 21.4. The van der Waals surface area contributed by atoms with E-state index in [1.54, 1.807) is 0 Å². The fourth-order valence-corrected chi connectivity index (χ4v) is 3.56. The van der Waals surface area contributed by atoms with Gasteiger partial charge in [-0.1, -0.05) is 17.7 Å². The van der Waals surface area contributed by atoms with Gasteiger partial charge < -0.3 is 15.1 Å². The van der Waals surface area contributed by atoms with Crippen molar-refractivity contribution in [3.63, 3.8) is 0 Å². The number of halogens is 3. The zero-order valence-electron chi connectivity index (χ0n) is 14.0. The number of nitrogens with zero attached hydrogens (tertiary/aromatic N) is 2. The Balaban J connectivity index is 0.00000144. The zero-order valence-corrected chi connectivity index (χ0v) is 16.4. The molecule has 0 spiro atoms. The van der Waals surface area contributed by atoms with Crippen molar-refractivity contribution < 1.29 is 4.79 Å². The van der Waals surface area contributed by atoms with Crippen molar-refractivity contribution in [2.75, 3.05) is 37.6 Å². The van der Waals surface area contributed by atoms with Crippen LogP contribution in [0.25, 0.3) is 0 Å². The zero-order chi connectivity index (χ0) is 15.5. The lowest BCUT2D eigenvalue weighted by molar-refractivity contribution is -0.131. The summed E-state index contributed by atoms with van der Waals surface area (Å²) in [6.07, 6.45) is 2.98. The molecule has 136 valence electrons. The van der Waals surface area contributed by atoms with E-state index in [0.717, 1.165) is 44.2 Å². The summed E-state index contributed by atoms with van der Waals surface area (Å²) < 4.78 is 0. The Morgan fingerprint density at radius 1 is 1.25 bits per heavy atom. The summed E-state index contributed by atoms with van der Waals surface area (Å²) in [5.41, 5.74) is 2.43. The molecule has 2 saturated heterocycles. The molecule has 0 bridgehead atoms. The van der Waals surface area contributed by atoms with Gasteiger partial charge in [0.15, 0.2) is 0 Å². The minimum atomic E-state index is 0. The molecule has 2 heterocycles. The van der Waals surface area contributed by atoms with Gasteiger partial charge in [0.25, 0.3) is 0 Å². The molecule has 2 aliphatic heterocycles. The third kappa shape index (κ3) is 5.16. The van der Waals surface area contributed by atoms with Crippen LogP contribution in [0.1, 0.15) is 24.8 Å². The van der Waals surface area contributed by atoms with Crippen molar-refractivity contribution in [2.45, 2.75) is 32.2 Å². The van der Waals surface area contributed by atoms with E-state index in [1.165, 1.54) is 17.7 Å². The highest BCUT2D eigenvalue weighted by Gasteiger charge is 2.25. The van der Waals surface area contributed by atoms with Gasteiger partial charge in [0.2, 0.25) is 5.91 Å². The van der Waals surface area contributed by atoms with Crippen LogP contribution in [0.3, 0.4) is 0 Å². The maximum absolute atomic E-state index is 12.4. The van der Waals surface area contributed by atoms with Crippen molar-refractivity contribution in [2.24, 2.45) is 0 Å². The third-order valence-corrected chi connectivity index (χ3v) is 4.96. The monoisotopic (exact) mass is 393 g/mol.